The van der Waals surface area contributed by atoms with Gasteiger partial charge in [-0.05, 0) is 91.9 Å². The van der Waals surface area contributed by atoms with Crippen LogP contribution in [-0.2, 0) is 15.3 Å². The number of nitro benzene ring substituents is 2. The van der Waals surface area contributed by atoms with Crippen LogP contribution in [0.15, 0.2) is 115 Å². The molecule has 0 spiro atoms. The van der Waals surface area contributed by atoms with Crippen LogP contribution >= 0.6 is 23.2 Å². The molecule has 3 heterocycles. The molecule has 18 heteroatoms. The smallest absolute Gasteiger partial charge is 0.269 e. The van der Waals surface area contributed by atoms with Gasteiger partial charge in [0.2, 0.25) is 0 Å². The fraction of sp³-hybridized carbons (Fsp3) is 0.289. The summed E-state index contributed by atoms with van der Waals surface area (Å²) in [6.07, 6.45) is -0.261. The fourth-order valence-corrected chi connectivity index (χ4v) is 8.06. The number of phenolic OH excluding ortho intramolecular Hbond substituents is 1. The minimum Gasteiger partial charge on any atom is -0.508 e. The number of piperazine rings is 2. The van der Waals surface area contributed by atoms with E-state index in [0.29, 0.717) is 92.5 Å². The summed E-state index contributed by atoms with van der Waals surface area (Å²) < 4.78 is 18.0. The molecule has 2 atom stereocenters. The Morgan fingerprint density at radius 3 is 1.60 bits per heavy atom. The van der Waals surface area contributed by atoms with Crippen molar-refractivity contribution in [3.05, 3.63) is 162 Å². The third-order valence-electron chi connectivity index (χ3n) is 11.0. The molecule has 2 amide bonds. The third kappa shape index (κ3) is 11.0. The molecule has 8 rings (SSSR count). The van der Waals surface area contributed by atoms with Crippen molar-refractivity contribution in [3.8, 4) is 11.5 Å². The molecule has 5 aromatic rings. The van der Waals surface area contributed by atoms with E-state index in [1.807, 2.05) is 43.3 Å². The molecule has 3 saturated heterocycles. The van der Waals surface area contributed by atoms with E-state index in [-0.39, 0.29) is 35.0 Å². The normalized spacial score (nSPS) is 18.6. The molecular weight excluding hydrogens is 855 g/mol. The number of ether oxygens (including phenoxy) is 3. The number of phenols is 1. The molecule has 328 valence electrons. The molecule has 5 aromatic carbocycles. The molecule has 0 bridgehead atoms. The highest BCUT2D eigenvalue weighted by atomic mass is 35.5. The summed E-state index contributed by atoms with van der Waals surface area (Å²) in [5.74, 6) is -0.268. The number of aromatic hydroxyl groups is 1. The van der Waals surface area contributed by atoms with Crippen molar-refractivity contribution in [1.82, 2.24) is 9.80 Å². The van der Waals surface area contributed by atoms with Crippen LogP contribution in [0.1, 0.15) is 33.2 Å². The van der Waals surface area contributed by atoms with E-state index in [2.05, 4.69) is 9.80 Å². The van der Waals surface area contributed by atoms with Crippen LogP contribution in [0.25, 0.3) is 0 Å². The van der Waals surface area contributed by atoms with Gasteiger partial charge >= 0.3 is 0 Å². The van der Waals surface area contributed by atoms with E-state index < -0.39 is 15.6 Å². The molecule has 1 N–H and O–H groups in total. The van der Waals surface area contributed by atoms with Crippen LogP contribution < -0.4 is 14.5 Å². The summed E-state index contributed by atoms with van der Waals surface area (Å²) in [5.41, 5.74) is 3.61. The lowest BCUT2D eigenvalue weighted by molar-refractivity contribution is -0.385. The molecule has 16 nitrogen and oxygen atoms in total. The van der Waals surface area contributed by atoms with Gasteiger partial charge in [-0.3, -0.25) is 29.8 Å². The number of hydrogen-bond donors (Lipinski definition) is 1. The number of anilines is 2. The van der Waals surface area contributed by atoms with Crippen molar-refractivity contribution in [2.75, 3.05) is 75.4 Å². The van der Waals surface area contributed by atoms with Crippen molar-refractivity contribution >= 4 is 57.8 Å². The Hall–Kier alpha value is -6.46. The lowest BCUT2D eigenvalue weighted by atomic mass is 10.1. The summed E-state index contributed by atoms with van der Waals surface area (Å²) >= 11 is 12.4. The number of halogens is 2. The number of nitro groups is 2. The van der Waals surface area contributed by atoms with Gasteiger partial charge in [-0.15, -0.1) is 0 Å². The maximum atomic E-state index is 12.8. The third-order valence-corrected chi connectivity index (χ3v) is 11.5. The zero-order chi connectivity index (χ0) is 44.7. The van der Waals surface area contributed by atoms with Crippen molar-refractivity contribution in [2.24, 2.45) is 0 Å². The van der Waals surface area contributed by atoms with Gasteiger partial charge in [-0.25, -0.2) is 0 Å². The van der Waals surface area contributed by atoms with E-state index in [4.69, 9.17) is 37.4 Å². The quantitative estimate of drug-likeness (QED) is 0.106. The molecule has 0 radical (unpaired) electrons. The Bertz CT molecular complexity index is 2410. The minimum atomic E-state index is -0.971. The van der Waals surface area contributed by atoms with Crippen LogP contribution in [-0.4, -0.2) is 108 Å². The second-order valence-corrected chi connectivity index (χ2v) is 16.0. The van der Waals surface area contributed by atoms with E-state index in [9.17, 15) is 34.9 Å². The fourth-order valence-electron chi connectivity index (χ4n) is 7.48. The largest absolute Gasteiger partial charge is 0.508 e. The van der Waals surface area contributed by atoms with Crippen LogP contribution in [0, 0.1) is 20.2 Å². The van der Waals surface area contributed by atoms with Gasteiger partial charge in [-0.2, -0.15) is 0 Å². The lowest BCUT2D eigenvalue weighted by Crippen LogP contribution is -2.48. The number of carbonyl (C=O) groups excluding carboxylic acids is 2. The van der Waals surface area contributed by atoms with Gasteiger partial charge in [0.25, 0.3) is 23.2 Å². The van der Waals surface area contributed by atoms with Crippen LogP contribution in [0.2, 0.25) is 10.0 Å². The summed E-state index contributed by atoms with van der Waals surface area (Å²) in [4.78, 5) is 53.7. The lowest BCUT2D eigenvalue weighted by Gasteiger charge is -2.36. The van der Waals surface area contributed by atoms with E-state index in [1.54, 1.807) is 40.1 Å². The summed E-state index contributed by atoms with van der Waals surface area (Å²) in [5, 5.41) is 31.9. The second-order valence-electron chi connectivity index (χ2n) is 15.1. The first-order valence-corrected chi connectivity index (χ1v) is 20.9. The highest BCUT2D eigenvalue weighted by Gasteiger charge is 2.40. The number of non-ortho nitro benzene ring substituents is 2. The average Bonchev–Trinajstić information content (AvgIpc) is 3.69. The van der Waals surface area contributed by atoms with Gasteiger partial charge in [-0.1, -0.05) is 29.3 Å². The van der Waals surface area contributed by atoms with Gasteiger partial charge in [0, 0.05) is 110 Å². The standard InChI is InChI=1S/C28H27Cl2N3O6.C17H17N3O4/c1-28(25-11-4-20(29)16-26(25)30)38-18-24(39-28)17-37-23-9-7-21(8-10-23)31-12-14-32(15-13-31)27(34)19-2-5-22(6-3-19)33(35)36;21-16-7-5-14(6-8-16)18-9-11-19(12-10-18)17(22)13-1-3-15(4-2-13)20(23)24/h2-11,16,24H,12-15,17-18H2,1H3;1-8,21H,9-12H2/t24-,28+;/m1./s1. The van der Waals surface area contributed by atoms with Gasteiger partial charge in [0.05, 0.1) is 21.5 Å². The molecule has 63 heavy (non-hydrogen) atoms. The molecule has 3 fully saturated rings. The first-order chi connectivity index (χ1) is 30.3. The summed E-state index contributed by atoms with van der Waals surface area (Å²) in [6, 6.07) is 31.4. The van der Waals surface area contributed by atoms with E-state index in [1.165, 1.54) is 48.5 Å². The first kappa shape index (κ1) is 44.6. The Balaban J connectivity index is 0.000000212. The maximum Gasteiger partial charge on any atom is 0.269 e. The van der Waals surface area contributed by atoms with Crippen molar-refractivity contribution < 1.29 is 38.8 Å². The number of nitrogens with zero attached hydrogens (tertiary/aromatic N) is 6. The van der Waals surface area contributed by atoms with Crippen LogP contribution in [0.3, 0.4) is 0 Å². The number of carbonyl (C=O) groups is 2. The average molecular weight is 900 g/mol. The highest BCUT2D eigenvalue weighted by molar-refractivity contribution is 6.35. The van der Waals surface area contributed by atoms with Crippen LogP contribution in [0.4, 0.5) is 22.7 Å². The molecule has 0 unspecified atom stereocenters. The zero-order valence-corrected chi connectivity index (χ0v) is 35.7. The zero-order valence-electron chi connectivity index (χ0n) is 34.2. The molecule has 0 aliphatic carbocycles. The Labute approximate surface area is 373 Å². The van der Waals surface area contributed by atoms with E-state index >= 15 is 0 Å². The number of amides is 2. The second kappa shape index (κ2) is 19.7. The molecule has 3 aliphatic heterocycles. The molecule has 0 aromatic heterocycles. The number of rotatable bonds is 10. The highest BCUT2D eigenvalue weighted by Crippen LogP contribution is 2.39. The topological polar surface area (TPSA) is 181 Å². The van der Waals surface area contributed by atoms with Crippen LogP contribution in [0.5, 0.6) is 11.5 Å². The predicted molar refractivity (Wildman–Crippen MR) is 237 cm³/mol. The number of benzene rings is 5. The van der Waals surface area contributed by atoms with Gasteiger partial charge < -0.3 is 38.9 Å². The molecule has 3 aliphatic rings. The SMILES string of the molecule is C[C@]1(c2ccc(Cl)cc2Cl)OC[C@@H](COc2ccc(N3CCN(C(=O)c4ccc([N+](=O)[O-])cc4)CC3)cc2)O1.O=C(c1ccc([N+](=O)[O-])cc1)N1CCN(c2ccc(O)cc2)CC1. The minimum absolute atomic E-state index is 0.0244. The Morgan fingerprint density at radius 1 is 0.698 bits per heavy atom. The monoisotopic (exact) mass is 898 g/mol. The summed E-state index contributed by atoms with van der Waals surface area (Å²) in [6.45, 7) is 7.56. The Kier molecular flexibility index (Phi) is 14.0. The van der Waals surface area contributed by atoms with Crippen molar-refractivity contribution in [2.45, 2.75) is 18.8 Å². The summed E-state index contributed by atoms with van der Waals surface area (Å²) in [7, 11) is 0. The Morgan fingerprint density at radius 2 is 1.16 bits per heavy atom. The van der Waals surface area contributed by atoms with E-state index in [0.717, 1.165) is 16.9 Å². The van der Waals surface area contributed by atoms with Crippen molar-refractivity contribution in [3.63, 3.8) is 0 Å². The molecule has 0 saturated carbocycles. The van der Waals surface area contributed by atoms with Gasteiger partial charge in [0.1, 0.15) is 24.2 Å². The first-order valence-electron chi connectivity index (χ1n) is 20.1. The molecular formula is C45H44Cl2N6O10. The number of hydrogen-bond acceptors (Lipinski definition) is 12. The van der Waals surface area contributed by atoms with Crippen molar-refractivity contribution in [1.29, 1.82) is 0 Å². The maximum absolute atomic E-state index is 12.8. The predicted octanol–water partition coefficient (Wildman–Crippen LogP) is 7.79. The van der Waals surface area contributed by atoms with Gasteiger partial charge in [0.15, 0.2) is 5.79 Å².